The van der Waals surface area contributed by atoms with Crippen LogP contribution >= 0.6 is 0 Å². The van der Waals surface area contributed by atoms with Gasteiger partial charge in [0.2, 0.25) is 0 Å². The van der Waals surface area contributed by atoms with Gasteiger partial charge in [0.15, 0.2) is 11.6 Å². The number of halogens is 3. The summed E-state index contributed by atoms with van der Waals surface area (Å²) in [4.78, 5) is 9.54. The lowest BCUT2D eigenvalue weighted by molar-refractivity contribution is 0.0566. The number of nitrogens with zero attached hydrogens (tertiary/aromatic N) is 4. The van der Waals surface area contributed by atoms with Crippen molar-refractivity contribution in [2.24, 2.45) is 11.3 Å². The van der Waals surface area contributed by atoms with Gasteiger partial charge in [-0.15, -0.1) is 0 Å². The van der Waals surface area contributed by atoms with Crippen LogP contribution in [0.5, 0.6) is 5.75 Å². The zero-order valence-corrected chi connectivity index (χ0v) is 29.2. The van der Waals surface area contributed by atoms with Crippen LogP contribution in [-0.2, 0) is 6.42 Å². The highest BCUT2D eigenvalue weighted by atomic mass is 19.3. The van der Waals surface area contributed by atoms with Crippen LogP contribution in [0, 0.1) is 17.2 Å². The van der Waals surface area contributed by atoms with Crippen LogP contribution in [0.2, 0.25) is 0 Å². The first-order valence-corrected chi connectivity index (χ1v) is 17.8. The van der Waals surface area contributed by atoms with Crippen molar-refractivity contribution in [1.82, 2.24) is 19.7 Å². The fraction of sp³-hybridized carbons (Fsp3) is 0.525. The van der Waals surface area contributed by atoms with Crippen molar-refractivity contribution in [2.75, 3.05) is 7.11 Å². The summed E-state index contributed by atoms with van der Waals surface area (Å²) in [6.07, 6.45) is 23.4. The van der Waals surface area contributed by atoms with E-state index in [9.17, 15) is 13.2 Å². The minimum atomic E-state index is -2.66. The molecule has 0 spiro atoms. The second-order valence-electron chi connectivity index (χ2n) is 13.8. The van der Waals surface area contributed by atoms with Crippen molar-refractivity contribution in [2.45, 2.75) is 117 Å². The van der Waals surface area contributed by atoms with Gasteiger partial charge in [-0.1, -0.05) is 75.5 Å². The summed E-state index contributed by atoms with van der Waals surface area (Å²) in [5.74, 6) is 0.565. The molecule has 3 aromatic rings. The molecule has 5 nitrogen and oxygen atoms in total. The highest BCUT2D eigenvalue weighted by Gasteiger charge is 2.33. The molecular formula is C40H51F3N4O. The van der Waals surface area contributed by atoms with Gasteiger partial charge in [0.25, 0.3) is 0 Å². The van der Waals surface area contributed by atoms with Crippen molar-refractivity contribution < 1.29 is 17.9 Å². The molecule has 0 radical (unpaired) electrons. The maximum atomic E-state index is 14.7. The van der Waals surface area contributed by atoms with Gasteiger partial charge < -0.3 is 4.74 Å². The fourth-order valence-corrected chi connectivity index (χ4v) is 7.86. The molecule has 1 saturated carbocycles. The minimum Gasteiger partial charge on any atom is -0.494 e. The molecule has 0 amide bonds. The Bertz CT molecular complexity index is 1640. The highest BCUT2D eigenvalue weighted by Crippen LogP contribution is 2.48. The monoisotopic (exact) mass is 660 g/mol. The third-order valence-electron chi connectivity index (χ3n) is 10.7. The van der Waals surface area contributed by atoms with Crippen LogP contribution in [0.1, 0.15) is 139 Å². The average Bonchev–Trinajstić information content (AvgIpc) is 3.54. The Morgan fingerprint density at radius 2 is 1.90 bits per heavy atom. The third kappa shape index (κ3) is 8.12. The predicted octanol–water partition coefficient (Wildman–Crippen LogP) is 11.4. The summed E-state index contributed by atoms with van der Waals surface area (Å²) in [6, 6.07) is 5.36. The molecule has 2 aromatic heterocycles. The summed E-state index contributed by atoms with van der Waals surface area (Å²) >= 11 is 0. The zero-order chi connectivity index (χ0) is 34.3. The Morgan fingerprint density at radius 3 is 2.60 bits per heavy atom. The number of aryl methyl sites for hydroxylation is 1. The molecule has 2 heterocycles. The Kier molecular flexibility index (Phi) is 12.0. The van der Waals surface area contributed by atoms with Gasteiger partial charge in [0, 0.05) is 23.2 Å². The van der Waals surface area contributed by atoms with E-state index in [1.54, 1.807) is 24.0 Å². The second kappa shape index (κ2) is 16.1. The Hall–Kier alpha value is -3.68. The van der Waals surface area contributed by atoms with Crippen LogP contribution in [0.4, 0.5) is 13.2 Å². The van der Waals surface area contributed by atoms with Gasteiger partial charge in [-0.3, -0.25) is 0 Å². The van der Waals surface area contributed by atoms with Gasteiger partial charge in [-0.05, 0) is 99.3 Å². The second-order valence-corrected chi connectivity index (χ2v) is 13.8. The smallest absolute Gasteiger partial charge is 0.333 e. The van der Waals surface area contributed by atoms with Gasteiger partial charge in [0.1, 0.15) is 6.33 Å². The number of methoxy groups -OCH3 is 1. The lowest BCUT2D eigenvalue weighted by Gasteiger charge is -2.38. The number of allylic oxidation sites excluding steroid dienone is 4. The molecule has 3 unspecified atom stereocenters. The number of benzene rings is 1. The van der Waals surface area contributed by atoms with Crippen LogP contribution < -0.4 is 4.74 Å². The van der Waals surface area contributed by atoms with Gasteiger partial charge in [-0.2, -0.15) is 13.9 Å². The first kappa shape index (κ1) is 35.6. The Balaban J connectivity index is 1.42. The molecule has 48 heavy (non-hydrogen) atoms. The fourth-order valence-electron chi connectivity index (χ4n) is 7.86. The van der Waals surface area contributed by atoms with E-state index in [-0.39, 0.29) is 17.0 Å². The molecule has 1 aromatic carbocycles. The maximum Gasteiger partial charge on any atom is 0.333 e. The van der Waals surface area contributed by atoms with Crippen molar-refractivity contribution in [3.05, 3.63) is 88.0 Å². The van der Waals surface area contributed by atoms with E-state index < -0.39 is 6.55 Å². The summed E-state index contributed by atoms with van der Waals surface area (Å²) in [6.45, 7) is 6.44. The van der Waals surface area contributed by atoms with Crippen LogP contribution in [-0.4, -0.2) is 26.9 Å². The average molecular weight is 661 g/mol. The van der Waals surface area contributed by atoms with E-state index in [0.717, 1.165) is 93.1 Å². The summed E-state index contributed by atoms with van der Waals surface area (Å²) in [5, 5.41) is 3.80. The lowest BCUT2D eigenvalue weighted by atomic mass is 9.67. The molecular weight excluding hydrogens is 609 g/mol. The number of ether oxygens (including phenoxy) is 1. The maximum absolute atomic E-state index is 14.7. The van der Waals surface area contributed by atoms with Crippen molar-refractivity contribution in [1.29, 1.82) is 0 Å². The number of aromatic nitrogens is 4. The molecule has 0 N–H and O–H groups in total. The largest absolute Gasteiger partial charge is 0.494 e. The molecule has 8 heteroatoms. The summed E-state index contributed by atoms with van der Waals surface area (Å²) in [7, 11) is 1.50. The number of hydrogen-bond donors (Lipinski definition) is 0. The molecule has 5 rings (SSSR count). The molecule has 2 aliphatic carbocycles. The molecule has 1 fully saturated rings. The standard InChI is InChI=1S/C40H51F3N4O/c1-6-11-36-34(17-15-28-24-46-47(25-28)39(42)43)38(45-26-44-36)30-12-8-9-20-40(4,21-19-30)32-13-10-14-33(27(3)29(7-2)22-32)31-16-18-37(48-5)35(41)23-31/h15-18,22-26,29-30,39H,6-14,19-21H2,1-5H3. The molecule has 0 saturated heterocycles. The SMILES string of the molecule is CCCc1ncnc(C2CCCCC(C)(C3=CC(CC)C(C)=C(c4ccc(OC)c(F)c4)CCC3)CC2)c1C=Cc1cnn(C(F)F)c1. The third-order valence-corrected chi connectivity index (χ3v) is 10.7. The molecule has 0 aliphatic heterocycles. The van der Waals surface area contributed by atoms with Crippen LogP contribution in [0.25, 0.3) is 17.7 Å². The number of alkyl halides is 2. The van der Waals surface area contributed by atoms with E-state index in [1.807, 2.05) is 18.2 Å². The zero-order valence-electron chi connectivity index (χ0n) is 29.2. The topological polar surface area (TPSA) is 52.8 Å². The van der Waals surface area contributed by atoms with E-state index in [1.165, 1.54) is 37.1 Å². The molecule has 258 valence electrons. The Morgan fingerprint density at radius 1 is 1.06 bits per heavy atom. The molecule has 2 aliphatic rings. The number of rotatable bonds is 10. The van der Waals surface area contributed by atoms with Crippen molar-refractivity contribution in [3.63, 3.8) is 0 Å². The predicted molar refractivity (Wildman–Crippen MR) is 188 cm³/mol. The van der Waals surface area contributed by atoms with Gasteiger partial charge >= 0.3 is 6.55 Å². The van der Waals surface area contributed by atoms with Gasteiger partial charge in [-0.25, -0.2) is 19.0 Å². The van der Waals surface area contributed by atoms with Crippen molar-refractivity contribution in [3.8, 4) is 5.75 Å². The first-order chi connectivity index (χ1) is 23.2. The highest BCUT2D eigenvalue weighted by molar-refractivity contribution is 5.72. The molecule has 3 atom stereocenters. The normalized spacial score (nSPS) is 22.7. The Labute approximate surface area is 284 Å². The van der Waals surface area contributed by atoms with E-state index in [2.05, 4.69) is 43.9 Å². The molecule has 0 bridgehead atoms. The van der Waals surface area contributed by atoms with E-state index >= 15 is 0 Å². The van der Waals surface area contributed by atoms with Gasteiger partial charge in [0.05, 0.1) is 24.7 Å². The summed E-state index contributed by atoms with van der Waals surface area (Å²) in [5.41, 5.74) is 8.95. The lowest BCUT2D eigenvalue weighted by Crippen LogP contribution is -2.25. The minimum absolute atomic E-state index is 0.0925. The van der Waals surface area contributed by atoms with Crippen LogP contribution in [0.3, 0.4) is 0 Å². The quantitative estimate of drug-likeness (QED) is 0.203. The van der Waals surface area contributed by atoms with Crippen molar-refractivity contribution >= 4 is 17.7 Å². The summed E-state index contributed by atoms with van der Waals surface area (Å²) < 4.78 is 46.8. The van der Waals surface area contributed by atoms with E-state index in [0.29, 0.717) is 22.1 Å². The van der Waals surface area contributed by atoms with E-state index in [4.69, 9.17) is 9.72 Å². The first-order valence-electron chi connectivity index (χ1n) is 17.8. The van der Waals surface area contributed by atoms with Crippen LogP contribution in [0.15, 0.2) is 54.1 Å². The number of hydrogen-bond acceptors (Lipinski definition) is 4.